The average molecular weight is 420 g/mol. The standard InChI is InChI=1S/C23H24N4O4/c28-22-12-16(14-27(22)17-6-7-20-21(13-17)31-11-10-30-20)23(29)24-8-3-9-26-15-25-18-4-1-2-5-19(18)26/h1-2,4-7,13,15-16H,3,8-12,14H2,(H,24,29)/t16-/m0/s1. The topological polar surface area (TPSA) is 85.7 Å². The zero-order valence-electron chi connectivity index (χ0n) is 17.1. The van der Waals surface area contributed by atoms with Crippen LogP contribution < -0.4 is 19.7 Å². The van der Waals surface area contributed by atoms with Crippen LogP contribution in [-0.2, 0) is 16.1 Å². The number of carbonyl (C=O) groups is 2. The number of hydrogen-bond donors (Lipinski definition) is 1. The molecule has 160 valence electrons. The van der Waals surface area contributed by atoms with E-state index in [0.29, 0.717) is 37.8 Å². The predicted octanol–water partition coefficient (Wildman–Crippen LogP) is 2.37. The van der Waals surface area contributed by atoms with Gasteiger partial charge < -0.3 is 24.3 Å². The molecule has 1 aromatic heterocycles. The third-order valence-electron chi connectivity index (χ3n) is 5.74. The molecule has 2 amide bonds. The van der Waals surface area contributed by atoms with E-state index in [4.69, 9.17) is 9.47 Å². The minimum absolute atomic E-state index is 0.0540. The Morgan fingerprint density at radius 2 is 1.97 bits per heavy atom. The Morgan fingerprint density at radius 3 is 2.87 bits per heavy atom. The Hall–Kier alpha value is -3.55. The van der Waals surface area contributed by atoms with Crippen molar-refractivity contribution in [2.24, 2.45) is 5.92 Å². The molecule has 1 saturated heterocycles. The summed E-state index contributed by atoms with van der Waals surface area (Å²) >= 11 is 0. The number of amides is 2. The number of aromatic nitrogens is 2. The lowest BCUT2D eigenvalue weighted by molar-refractivity contribution is -0.126. The third kappa shape index (κ3) is 3.93. The number of ether oxygens (including phenoxy) is 2. The van der Waals surface area contributed by atoms with Gasteiger partial charge in [0.15, 0.2) is 11.5 Å². The highest BCUT2D eigenvalue weighted by molar-refractivity contribution is 6.00. The first kappa shape index (κ1) is 19.4. The van der Waals surface area contributed by atoms with Crippen molar-refractivity contribution in [3.05, 3.63) is 48.8 Å². The fraction of sp³-hybridized carbons (Fsp3) is 0.348. The van der Waals surface area contributed by atoms with E-state index in [1.807, 2.05) is 48.8 Å². The van der Waals surface area contributed by atoms with Crippen LogP contribution >= 0.6 is 0 Å². The van der Waals surface area contributed by atoms with Crippen LogP contribution in [0.3, 0.4) is 0 Å². The van der Waals surface area contributed by atoms with Gasteiger partial charge in [0, 0.05) is 37.8 Å². The first-order chi connectivity index (χ1) is 15.2. The molecule has 1 N–H and O–H groups in total. The Labute approximate surface area is 179 Å². The van der Waals surface area contributed by atoms with Crippen molar-refractivity contribution in [1.82, 2.24) is 14.9 Å². The predicted molar refractivity (Wildman–Crippen MR) is 115 cm³/mol. The molecule has 31 heavy (non-hydrogen) atoms. The molecule has 0 aliphatic carbocycles. The summed E-state index contributed by atoms with van der Waals surface area (Å²) in [4.78, 5) is 31.2. The van der Waals surface area contributed by atoms with Gasteiger partial charge in [0.2, 0.25) is 11.8 Å². The van der Waals surface area contributed by atoms with Crippen molar-refractivity contribution in [3.8, 4) is 11.5 Å². The van der Waals surface area contributed by atoms with Gasteiger partial charge >= 0.3 is 0 Å². The van der Waals surface area contributed by atoms with E-state index in [1.165, 1.54) is 0 Å². The van der Waals surface area contributed by atoms with E-state index in [-0.39, 0.29) is 24.2 Å². The van der Waals surface area contributed by atoms with E-state index < -0.39 is 0 Å². The molecular formula is C23H24N4O4. The van der Waals surface area contributed by atoms with E-state index in [9.17, 15) is 9.59 Å². The summed E-state index contributed by atoms with van der Waals surface area (Å²) in [7, 11) is 0. The second kappa shape index (κ2) is 8.29. The average Bonchev–Trinajstić information content (AvgIpc) is 3.40. The molecule has 0 unspecified atom stereocenters. The number of nitrogens with zero attached hydrogens (tertiary/aromatic N) is 3. The highest BCUT2D eigenvalue weighted by Gasteiger charge is 2.35. The first-order valence-corrected chi connectivity index (χ1v) is 10.6. The molecule has 2 aromatic carbocycles. The SMILES string of the molecule is O=C(NCCCn1cnc2ccccc21)[C@H]1CC(=O)N(c2ccc3c(c2)OCCO3)C1. The normalized spacial score (nSPS) is 17.9. The van der Waals surface area contributed by atoms with Gasteiger partial charge in [-0.25, -0.2) is 4.98 Å². The van der Waals surface area contributed by atoms with Crippen molar-refractivity contribution in [2.75, 3.05) is 31.2 Å². The maximum absolute atomic E-state index is 12.6. The van der Waals surface area contributed by atoms with Crippen LogP contribution in [-0.4, -0.2) is 47.7 Å². The Kier molecular flexibility index (Phi) is 5.19. The van der Waals surface area contributed by atoms with Gasteiger partial charge in [0.1, 0.15) is 13.2 Å². The van der Waals surface area contributed by atoms with Gasteiger partial charge in [0.05, 0.1) is 23.3 Å². The second-order valence-corrected chi connectivity index (χ2v) is 7.80. The van der Waals surface area contributed by atoms with Gasteiger partial charge in [-0.3, -0.25) is 9.59 Å². The number of aryl methyl sites for hydroxylation is 1. The smallest absolute Gasteiger partial charge is 0.227 e. The highest BCUT2D eigenvalue weighted by atomic mass is 16.6. The van der Waals surface area contributed by atoms with Crippen molar-refractivity contribution >= 4 is 28.5 Å². The Balaban J connectivity index is 1.14. The molecule has 0 bridgehead atoms. The Morgan fingerprint density at radius 1 is 1.13 bits per heavy atom. The zero-order valence-corrected chi connectivity index (χ0v) is 17.1. The van der Waals surface area contributed by atoms with Crippen molar-refractivity contribution in [3.63, 3.8) is 0 Å². The van der Waals surface area contributed by atoms with Crippen LogP contribution in [0.4, 0.5) is 5.69 Å². The van der Waals surface area contributed by atoms with E-state index in [0.717, 1.165) is 29.7 Å². The van der Waals surface area contributed by atoms with Gasteiger partial charge in [-0.05, 0) is 30.7 Å². The molecular weight excluding hydrogens is 396 g/mol. The largest absolute Gasteiger partial charge is 0.486 e. The van der Waals surface area contributed by atoms with Crippen LogP contribution in [0.2, 0.25) is 0 Å². The number of rotatable bonds is 6. The quantitative estimate of drug-likeness (QED) is 0.619. The van der Waals surface area contributed by atoms with Crippen molar-refractivity contribution in [1.29, 1.82) is 0 Å². The van der Waals surface area contributed by atoms with E-state index >= 15 is 0 Å². The summed E-state index contributed by atoms with van der Waals surface area (Å²) in [6.45, 7) is 2.71. The monoisotopic (exact) mass is 420 g/mol. The number of benzene rings is 2. The minimum Gasteiger partial charge on any atom is -0.486 e. The molecule has 8 nitrogen and oxygen atoms in total. The number of nitrogens with one attached hydrogen (secondary N) is 1. The molecule has 0 saturated carbocycles. The van der Waals surface area contributed by atoms with Crippen molar-refractivity contribution in [2.45, 2.75) is 19.4 Å². The molecule has 5 rings (SSSR count). The van der Waals surface area contributed by atoms with Crippen LogP contribution in [0.15, 0.2) is 48.8 Å². The van der Waals surface area contributed by atoms with Crippen LogP contribution in [0.5, 0.6) is 11.5 Å². The molecule has 3 aromatic rings. The van der Waals surface area contributed by atoms with Gasteiger partial charge in [-0.15, -0.1) is 0 Å². The highest BCUT2D eigenvalue weighted by Crippen LogP contribution is 2.36. The van der Waals surface area contributed by atoms with Crippen molar-refractivity contribution < 1.29 is 19.1 Å². The molecule has 2 aliphatic rings. The summed E-state index contributed by atoms with van der Waals surface area (Å²) in [6.07, 6.45) is 2.83. The minimum atomic E-state index is -0.352. The molecule has 1 fully saturated rings. The summed E-state index contributed by atoms with van der Waals surface area (Å²) in [6, 6.07) is 13.4. The lowest BCUT2D eigenvalue weighted by atomic mass is 10.1. The number of para-hydroxylation sites is 2. The number of carbonyl (C=O) groups excluding carboxylic acids is 2. The number of fused-ring (bicyclic) bond motifs is 2. The Bertz CT molecular complexity index is 1130. The fourth-order valence-electron chi connectivity index (χ4n) is 4.13. The lowest BCUT2D eigenvalue weighted by Gasteiger charge is -2.22. The summed E-state index contributed by atoms with van der Waals surface area (Å²) < 4.78 is 13.2. The van der Waals surface area contributed by atoms with E-state index in [1.54, 1.807) is 4.90 Å². The zero-order chi connectivity index (χ0) is 21.2. The van der Waals surface area contributed by atoms with Crippen LogP contribution in [0.1, 0.15) is 12.8 Å². The molecule has 2 aliphatic heterocycles. The molecule has 8 heteroatoms. The molecule has 1 atom stereocenters. The van der Waals surface area contributed by atoms with E-state index in [2.05, 4.69) is 14.9 Å². The second-order valence-electron chi connectivity index (χ2n) is 7.80. The summed E-state index contributed by atoms with van der Waals surface area (Å²) in [5.74, 6) is 0.832. The lowest BCUT2D eigenvalue weighted by Crippen LogP contribution is -2.33. The number of imidazole rings is 1. The maximum atomic E-state index is 12.6. The number of hydrogen-bond acceptors (Lipinski definition) is 5. The fourth-order valence-corrected chi connectivity index (χ4v) is 4.13. The van der Waals surface area contributed by atoms with Gasteiger partial charge in [0.25, 0.3) is 0 Å². The molecule has 0 spiro atoms. The number of anilines is 1. The summed E-state index contributed by atoms with van der Waals surface area (Å²) in [5.41, 5.74) is 2.79. The van der Waals surface area contributed by atoms with Crippen LogP contribution in [0.25, 0.3) is 11.0 Å². The first-order valence-electron chi connectivity index (χ1n) is 10.6. The van der Waals surface area contributed by atoms with Crippen LogP contribution in [0, 0.1) is 5.92 Å². The van der Waals surface area contributed by atoms with Gasteiger partial charge in [-0.1, -0.05) is 12.1 Å². The maximum Gasteiger partial charge on any atom is 0.227 e. The molecule has 3 heterocycles. The van der Waals surface area contributed by atoms with Gasteiger partial charge in [-0.2, -0.15) is 0 Å². The summed E-state index contributed by atoms with van der Waals surface area (Å²) in [5, 5.41) is 2.98. The third-order valence-corrected chi connectivity index (χ3v) is 5.74. The molecule has 0 radical (unpaired) electrons.